The minimum atomic E-state index is -0.665. The van der Waals surface area contributed by atoms with Crippen LogP contribution in [0.3, 0.4) is 0 Å². The van der Waals surface area contributed by atoms with Gasteiger partial charge in [-0.25, -0.2) is 0 Å². The molecule has 0 bridgehead atoms. The standard InChI is InChI=1S/C13H20BrNO4/c14-11-1-3-13(4-2-11)19-10-12(18)9-15(5-7-16)6-8-17/h1-4,12,16-18H,5-10H2/t12-/m1/s1. The van der Waals surface area contributed by atoms with Gasteiger partial charge in [-0.05, 0) is 24.3 Å². The van der Waals surface area contributed by atoms with E-state index in [1.54, 1.807) is 4.90 Å². The van der Waals surface area contributed by atoms with E-state index in [4.69, 9.17) is 14.9 Å². The Labute approximate surface area is 121 Å². The second-order valence-corrected chi connectivity index (χ2v) is 5.08. The molecule has 6 heteroatoms. The van der Waals surface area contributed by atoms with Crippen LogP contribution in [0.2, 0.25) is 0 Å². The first-order valence-electron chi connectivity index (χ1n) is 6.16. The SMILES string of the molecule is OCCN(CCO)C[C@@H](O)COc1ccc(Br)cc1. The highest BCUT2D eigenvalue weighted by molar-refractivity contribution is 9.10. The van der Waals surface area contributed by atoms with E-state index in [-0.39, 0.29) is 19.8 Å². The van der Waals surface area contributed by atoms with E-state index in [0.717, 1.165) is 4.47 Å². The fourth-order valence-corrected chi connectivity index (χ4v) is 1.92. The van der Waals surface area contributed by atoms with E-state index in [0.29, 0.717) is 25.4 Å². The number of nitrogens with zero attached hydrogens (tertiary/aromatic N) is 1. The summed E-state index contributed by atoms with van der Waals surface area (Å²) < 4.78 is 6.43. The normalized spacial score (nSPS) is 12.7. The Kier molecular flexibility index (Phi) is 8.00. The number of hydrogen-bond donors (Lipinski definition) is 3. The molecule has 0 amide bonds. The maximum atomic E-state index is 9.85. The van der Waals surface area contributed by atoms with Gasteiger partial charge < -0.3 is 20.1 Å². The van der Waals surface area contributed by atoms with Gasteiger partial charge in [0, 0.05) is 24.1 Å². The lowest BCUT2D eigenvalue weighted by Crippen LogP contribution is -2.38. The Morgan fingerprint density at radius 1 is 1.11 bits per heavy atom. The van der Waals surface area contributed by atoms with Crippen LogP contribution >= 0.6 is 15.9 Å². The summed E-state index contributed by atoms with van der Waals surface area (Å²) in [5.41, 5.74) is 0. The van der Waals surface area contributed by atoms with Crippen LogP contribution in [0, 0.1) is 0 Å². The Morgan fingerprint density at radius 2 is 1.68 bits per heavy atom. The van der Waals surface area contributed by atoms with Gasteiger partial charge in [-0.2, -0.15) is 0 Å². The molecule has 1 aromatic carbocycles. The molecule has 0 spiro atoms. The molecule has 3 N–H and O–H groups in total. The van der Waals surface area contributed by atoms with Crippen molar-refractivity contribution in [3.8, 4) is 5.75 Å². The topological polar surface area (TPSA) is 73.2 Å². The van der Waals surface area contributed by atoms with Gasteiger partial charge in [0.05, 0.1) is 13.2 Å². The van der Waals surface area contributed by atoms with Crippen LogP contribution in [-0.2, 0) is 0 Å². The molecule has 0 fully saturated rings. The van der Waals surface area contributed by atoms with Gasteiger partial charge >= 0.3 is 0 Å². The highest BCUT2D eigenvalue weighted by Gasteiger charge is 2.11. The smallest absolute Gasteiger partial charge is 0.119 e. The van der Waals surface area contributed by atoms with Crippen molar-refractivity contribution in [3.05, 3.63) is 28.7 Å². The van der Waals surface area contributed by atoms with Crippen LogP contribution in [0.15, 0.2) is 28.7 Å². The van der Waals surface area contributed by atoms with Crippen molar-refractivity contribution in [2.24, 2.45) is 0 Å². The van der Waals surface area contributed by atoms with Crippen LogP contribution in [0.5, 0.6) is 5.75 Å². The van der Waals surface area contributed by atoms with Gasteiger partial charge in [-0.1, -0.05) is 15.9 Å². The molecular formula is C13H20BrNO4. The van der Waals surface area contributed by atoms with Gasteiger partial charge in [-0.3, -0.25) is 4.90 Å². The zero-order valence-electron chi connectivity index (χ0n) is 10.7. The van der Waals surface area contributed by atoms with Gasteiger partial charge in [0.15, 0.2) is 0 Å². The van der Waals surface area contributed by atoms with E-state index in [2.05, 4.69) is 15.9 Å². The Morgan fingerprint density at radius 3 is 2.21 bits per heavy atom. The average Bonchev–Trinajstić information content (AvgIpc) is 2.39. The fourth-order valence-electron chi connectivity index (χ4n) is 1.65. The van der Waals surface area contributed by atoms with Crippen LogP contribution < -0.4 is 4.74 Å². The largest absolute Gasteiger partial charge is 0.491 e. The Hall–Kier alpha value is -0.660. The first-order chi connectivity index (χ1) is 9.15. The molecule has 0 aromatic heterocycles. The molecule has 0 radical (unpaired) electrons. The van der Waals surface area contributed by atoms with Gasteiger partial charge in [0.2, 0.25) is 0 Å². The number of rotatable bonds is 9. The number of halogens is 1. The summed E-state index contributed by atoms with van der Waals surface area (Å²) >= 11 is 3.33. The number of aliphatic hydroxyl groups is 3. The summed E-state index contributed by atoms with van der Waals surface area (Å²) in [5.74, 6) is 0.693. The van der Waals surface area contributed by atoms with Crippen molar-refractivity contribution in [1.29, 1.82) is 0 Å². The third-order valence-corrected chi connectivity index (χ3v) is 3.09. The molecule has 5 nitrogen and oxygen atoms in total. The molecule has 0 heterocycles. The molecule has 0 aliphatic heterocycles. The maximum absolute atomic E-state index is 9.85. The highest BCUT2D eigenvalue weighted by atomic mass is 79.9. The molecule has 0 saturated carbocycles. The van der Waals surface area contributed by atoms with E-state index in [9.17, 15) is 5.11 Å². The number of benzene rings is 1. The molecule has 1 atom stereocenters. The predicted octanol–water partition coefficient (Wildman–Crippen LogP) is 0.475. The minimum Gasteiger partial charge on any atom is -0.491 e. The molecule has 0 unspecified atom stereocenters. The summed E-state index contributed by atoms with van der Waals surface area (Å²) in [6.07, 6.45) is -0.665. The summed E-state index contributed by atoms with van der Waals surface area (Å²) in [4.78, 5) is 1.79. The minimum absolute atomic E-state index is 0.000287. The summed E-state index contributed by atoms with van der Waals surface area (Å²) in [6, 6.07) is 7.36. The van der Waals surface area contributed by atoms with Gasteiger partial charge in [0.1, 0.15) is 18.5 Å². The molecule has 1 aromatic rings. The monoisotopic (exact) mass is 333 g/mol. The number of hydrogen-bond acceptors (Lipinski definition) is 5. The van der Waals surface area contributed by atoms with Crippen molar-refractivity contribution in [3.63, 3.8) is 0 Å². The average molecular weight is 334 g/mol. The molecule has 1 rings (SSSR count). The second-order valence-electron chi connectivity index (χ2n) is 4.17. The number of ether oxygens (including phenoxy) is 1. The van der Waals surface area contributed by atoms with Crippen molar-refractivity contribution >= 4 is 15.9 Å². The summed E-state index contributed by atoms with van der Waals surface area (Å²) in [5, 5.41) is 27.6. The first-order valence-corrected chi connectivity index (χ1v) is 6.95. The van der Waals surface area contributed by atoms with Gasteiger partial charge in [0.25, 0.3) is 0 Å². The van der Waals surface area contributed by atoms with E-state index in [1.165, 1.54) is 0 Å². The molecule has 0 saturated heterocycles. The van der Waals surface area contributed by atoms with E-state index < -0.39 is 6.10 Å². The van der Waals surface area contributed by atoms with Crippen LogP contribution in [0.1, 0.15) is 0 Å². The third-order valence-electron chi connectivity index (χ3n) is 2.56. The molecular weight excluding hydrogens is 314 g/mol. The Balaban J connectivity index is 2.33. The summed E-state index contributed by atoms with van der Waals surface area (Å²) in [6.45, 7) is 1.39. The fraction of sp³-hybridized carbons (Fsp3) is 0.538. The zero-order chi connectivity index (χ0) is 14.1. The lowest BCUT2D eigenvalue weighted by molar-refractivity contribution is 0.0552. The first kappa shape index (κ1) is 16.4. The zero-order valence-corrected chi connectivity index (χ0v) is 12.3. The lowest BCUT2D eigenvalue weighted by Gasteiger charge is -2.23. The van der Waals surface area contributed by atoms with Gasteiger partial charge in [-0.15, -0.1) is 0 Å². The van der Waals surface area contributed by atoms with Crippen LogP contribution in [-0.4, -0.2) is 65.8 Å². The van der Waals surface area contributed by atoms with Crippen molar-refractivity contribution < 1.29 is 20.1 Å². The van der Waals surface area contributed by atoms with E-state index >= 15 is 0 Å². The molecule has 108 valence electrons. The van der Waals surface area contributed by atoms with Crippen LogP contribution in [0.25, 0.3) is 0 Å². The predicted molar refractivity (Wildman–Crippen MR) is 76.3 cm³/mol. The summed E-state index contributed by atoms with van der Waals surface area (Å²) in [7, 11) is 0. The maximum Gasteiger partial charge on any atom is 0.119 e. The van der Waals surface area contributed by atoms with Crippen LogP contribution in [0.4, 0.5) is 0 Å². The van der Waals surface area contributed by atoms with E-state index in [1.807, 2.05) is 24.3 Å². The molecule has 0 aliphatic carbocycles. The highest BCUT2D eigenvalue weighted by Crippen LogP contribution is 2.16. The van der Waals surface area contributed by atoms with Crippen molar-refractivity contribution in [2.45, 2.75) is 6.10 Å². The number of aliphatic hydroxyl groups excluding tert-OH is 3. The van der Waals surface area contributed by atoms with Crippen molar-refractivity contribution in [2.75, 3.05) is 39.5 Å². The quantitative estimate of drug-likeness (QED) is 0.613. The second kappa shape index (κ2) is 9.28. The molecule has 19 heavy (non-hydrogen) atoms. The Bertz CT molecular complexity index is 341. The van der Waals surface area contributed by atoms with Crippen molar-refractivity contribution in [1.82, 2.24) is 4.90 Å². The molecule has 0 aliphatic rings. The third kappa shape index (κ3) is 6.89. The lowest BCUT2D eigenvalue weighted by atomic mass is 10.3.